The standard InChI is InChI=1S/C16H23NO2/c1-19-16-9-3-2-6-14(16)7-4-11-17-12-5-8-15(18)10-13-17/h2-4,6-7,9,15,18H,5,8,10-13H2,1H3/b7-4+/t15-/m1/s1. The van der Waals surface area contributed by atoms with E-state index in [0.29, 0.717) is 0 Å². The lowest BCUT2D eigenvalue weighted by atomic mass is 10.2. The van der Waals surface area contributed by atoms with E-state index in [2.05, 4.69) is 23.1 Å². The molecule has 19 heavy (non-hydrogen) atoms. The Bertz CT molecular complexity index is 417. The molecule has 0 spiro atoms. The van der Waals surface area contributed by atoms with Crippen molar-refractivity contribution >= 4 is 6.08 Å². The first kappa shape index (κ1) is 14.1. The van der Waals surface area contributed by atoms with Gasteiger partial charge in [0.15, 0.2) is 0 Å². The molecule has 0 aromatic heterocycles. The van der Waals surface area contributed by atoms with E-state index in [1.807, 2.05) is 18.2 Å². The molecule has 3 nitrogen and oxygen atoms in total. The average Bonchev–Trinajstić information content (AvgIpc) is 2.64. The van der Waals surface area contributed by atoms with Crippen molar-refractivity contribution in [1.29, 1.82) is 0 Å². The fraction of sp³-hybridized carbons (Fsp3) is 0.500. The summed E-state index contributed by atoms with van der Waals surface area (Å²) in [6.45, 7) is 3.00. The van der Waals surface area contributed by atoms with E-state index in [1.54, 1.807) is 7.11 Å². The van der Waals surface area contributed by atoms with Crippen LogP contribution in [-0.4, -0.2) is 42.9 Å². The fourth-order valence-electron chi connectivity index (χ4n) is 2.45. The number of ether oxygens (including phenoxy) is 1. The first-order chi connectivity index (χ1) is 9.29. The van der Waals surface area contributed by atoms with Crippen LogP contribution < -0.4 is 4.74 Å². The first-order valence-electron chi connectivity index (χ1n) is 6.99. The van der Waals surface area contributed by atoms with Crippen molar-refractivity contribution in [3.05, 3.63) is 35.9 Å². The number of aliphatic hydroxyl groups is 1. The number of methoxy groups -OCH3 is 1. The molecule has 1 aliphatic heterocycles. The van der Waals surface area contributed by atoms with Crippen molar-refractivity contribution in [3.8, 4) is 5.75 Å². The second-order valence-corrected chi connectivity index (χ2v) is 5.03. The third-order valence-electron chi connectivity index (χ3n) is 3.59. The molecule has 0 unspecified atom stereocenters. The van der Waals surface area contributed by atoms with Gasteiger partial charge in [-0.3, -0.25) is 4.90 Å². The summed E-state index contributed by atoms with van der Waals surface area (Å²) in [6, 6.07) is 8.03. The van der Waals surface area contributed by atoms with Gasteiger partial charge < -0.3 is 9.84 Å². The lowest BCUT2D eigenvalue weighted by molar-refractivity contribution is 0.156. The number of hydrogen-bond donors (Lipinski definition) is 1. The van der Waals surface area contributed by atoms with E-state index in [9.17, 15) is 5.11 Å². The Morgan fingerprint density at radius 1 is 1.32 bits per heavy atom. The third-order valence-corrected chi connectivity index (χ3v) is 3.59. The summed E-state index contributed by atoms with van der Waals surface area (Å²) in [5, 5.41) is 9.62. The second-order valence-electron chi connectivity index (χ2n) is 5.03. The van der Waals surface area contributed by atoms with Crippen molar-refractivity contribution in [2.45, 2.75) is 25.4 Å². The fourth-order valence-corrected chi connectivity index (χ4v) is 2.45. The topological polar surface area (TPSA) is 32.7 Å². The first-order valence-corrected chi connectivity index (χ1v) is 6.99. The quantitative estimate of drug-likeness (QED) is 0.904. The largest absolute Gasteiger partial charge is 0.496 e. The van der Waals surface area contributed by atoms with Gasteiger partial charge in [-0.1, -0.05) is 30.4 Å². The summed E-state index contributed by atoms with van der Waals surface area (Å²) < 4.78 is 5.32. The molecular weight excluding hydrogens is 238 g/mol. The Hall–Kier alpha value is -1.32. The molecule has 0 saturated carbocycles. The molecule has 1 saturated heterocycles. The van der Waals surface area contributed by atoms with Gasteiger partial charge in [-0.25, -0.2) is 0 Å². The number of likely N-dealkylation sites (tertiary alicyclic amines) is 1. The minimum atomic E-state index is -0.108. The molecule has 1 fully saturated rings. The Kier molecular flexibility index (Phi) is 5.43. The number of hydrogen-bond acceptors (Lipinski definition) is 3. The van der Waals surface area contributed by atoms with Gasteiger partial charge in [0.25, 0.3) is 0 Å². The molecule has 1 heterocycles. The molecule has 1 aliphatic rings. The number of benzene rings is 1. The number of rotatable bonds is 4. The van der Waals surface area contributed by atoms with Crippen LogP contribution in [-0.2, 0) is 0 Å². The average molecular weight is 261 g/mol. The summed E-state index contributed by atoms with van der Waals surface area (Å²) in [7, 11) is 1.70. The SMILES string of the molecule is COc1ccccc1/C=C/CN1CCC[C@@H](O)CC1. The number of para-hydroxylation sites is 1. The van der Waals surface area contributed by atoms with Gasteiger partial charge in [0, 0.05) is 18.7 Å². The minimum Gasteiger partial charge on any atom is -0.496 e. The lowest BCUT2D eigenvalue weighted by Crippen LogP contribution is -2.25. The Labute approximate surface area is 115 Å². The number of aliphatic hydroxyl groups excluding tert-OH is 1. The highest BCUT2D eigenvalue weighted by molar-refractivity contribution is 5.57. The number of nitrogens with zero attached hydrogens (tertiary/aromatic N) is 1. The van der Waals surface area contributed by atoms with Gasteiger partial charge in [0.05, 0.1) is 13.2 Å². The van der Waals surface area contributed by atoms with Crippen molar-refractivity contribution in [1.82, 2.24) is 4.90 Å². The zero-order valence-corrected chi connectivity index (χ0v) is 11.6. The van der Waals surface area contributed by atoms with Crippen LogP contribution in [0.25, 0.3) is 6.08 Å². The summed E-state index contributed by atoms with van der Waals surface area (Å²) in [5.41, 5.74) is 1.11. The predicted octanol–water partition coefficient (Wildman–Crippen LogP) is 2.56. The molecule has 1 N–H and O–H groups in total. The predicted molar refractivity (Wildman–Crippen MR) is 78.3 cm³/mol. The van der Waals surface area contributed by atoms with Crippen LogP contribution in [0.15, 0.2) is 30.3 Å². The monoisotopic (exact) mass is 261 g/mol. The van der Waals surface area contributed by atoms with E-state index in [0.717, 1.165) is 50.2 Å². The van der Waals surface area contributed by atoms with E-state index in [1.165, 1.54) is 0 Å². The van der Waals surface area contributed by atoms with E-state index < -0.39 is 0 Å². The summed E-state index contributed by atoms with van der Waals surface area (Å²) in [6.07, 6.45) is 7.09. The van der Waals surface area contributed by atoms with Crippen LogP contribution in [0.1, 0.15) is 24.8 Å². The normalized spacial score (nSPS) is 21.5. The van der Waals surface area contributed by atoms with Gasteiger partial charge in [-0.05, 0) is 31.9 Å². The highest BCUT2D eigenvalue weighted by Crippen LogP contribution is 2.18. The van der Waals surface area contributed by atoms with Gasteiger partial charge in [0.2, 0.25) is 0 Å². The Morgan fingerprint density at radius 2 is 2.16 bits per heavy atom. The summed E-state index contributed by atoms with van der Waals surface area (Å²) >= 11 is 0. The van der Waals surface area contributed by atoms with Crippen LogP contribution >= 0.6 is 0 Å². The zero-order valence-electron chi connectivity index (χ0n) is 11.6. The zero-order chi connectivity index (χ0) is 13.5. The summed E-state index contributed by atoms with van der Waals surface area (Å²) in [4.78, 5) is 2.39. The van der Waals surface area contributed by atoms with Crippen LogP contribution in [0.3, 0.4) is 0 Å². The van der Waals surface area contributed by atoms with E-state index in [4.69, 9.17) is 4.74 Å². The molecule has 1 atom stereocenters. The van der Waals surface area contributed by atoms with Crippen molar-refractivity contribution in [3.63, 3.8) is 0 Å². The van der Waals surface area contributed by atoms with E-state index >= 15 is 0 Å². The Balaban J connectivity index is 1.88. The van der Waals surface area contributed by atoms with Gasteiger partial charge in [-0.2, -0.15) is 0 Å². The maximum atomic E-state index is 9.62. The van der Waals surface area contributed by atoms with E-state index in [-0.39, 0.29) is 6.10 Å². The van der Waals surface area contributed by atoms with Crippen LogP contribution in [0.2, 0.25) is 0 Å². The maximum absolute atomic E-state index is 9.62. The lowest BCUT2D eigenvalue weighted by Gasteiger charge is -2.17. The molecular formula is C16H23NO2. The second kappa shape index (κ2) is 7.31. The molecule has 0 radical (unpaired) electrons. The van der Waals surface area contributed by atoms with Crippen molar-refractivity contribution in [2.75, 3.05) is 26.7 Å². The highest BCUT2D eigenvalue weighted by atomic mass is 16.5. The molecule has 0 aliphatic carbocycles. The molecule has 1 aromatic carbocycles. The van der Waals surface area contributed by atoms with Gasteiger partial charge >= 0.3 is 0 Å². The summed E-state index contributed by atoms with van der Waals surface area (Å²) in [5.74, 6) is 0.907. The Morgan fingerprint density at radius 3 is 3.00 bits per heavy atom. The highest BCUT2D eigenvalue weighted by Gasteiger charge is 2.13. The molecule has 2 rings (SSSR count). The van der Waals surface area contributed by atoms with Crippen LogP contribution in [0, 0.1) is 0 Å². The van der Waals surface area contributed by atoms with Crippen LogP contribution in [0.5, 0.6) is 5.75 Å². The van der Waals surface area contributed by atoms with Crippen LogP contribution in [0.4, 0.5) is 0 Å². The van der Waals surface area contributed by atoms with Crippen molar-refractivity contribution < 1.29 is 9.84 Å². The minimum absolute atomic E-state index is 0.108. The van der Waals surface area contributed by atoms with Gasteiger partial charge in [-0.15, -0.1) is 0 Å². The molecule has 3 heteroatoms. The molecule has 0 bridgehead atoms. The molecule has 1 aromatic rings. The molecule has 0 amide bonds. The molecule has 104 valence electrons. The third kappa shape index (κ3) is 4.37. The smallest absolute Gasteiger partial charge is 0.126 e. The van der Waals surface area contributed by atoms with Crippen molar-refractivity contribution in [2.24, 2.45) is 0 Å². The van der Waals surface area contributed by atoms with Gasteiger partial charge in [0.1, 0.15) is 5.75 Å². The maximum Gasteiger partial charge on any atom is 0.126 e.